The Morgan fingerprint density at radius 3 is 2.92 bits per heavy atom. The molecule has 0 saturated heterocycles. The molecule has 0 bridgehead atoms. The molecule has 1 fully saturated rings. The van der Waals surface area contributed by atoms with Crippen LogP contribution in [0.2, 0.25) is 0 Å². The summed E-state index contributed by atoms with van der Waals surface area (Å²) in [6.45, 7) is 4.47. The number of aromatic nitrogens is 2. The molecular formula is C18H23FN4OS2. The third-order valence-corrected chi connectivity index (χ3v) is 6.87. The van der Waals surface area contributed by atoms with Crippen molar-refractivity contribution < 1.29 is 9.18 Å². The molecule has 3 atom stereocenters. The Balaban J connectivity index is 1.48. The summed E-state index contributed by atoms with van der Waals surface area (Å²) in [5.41, 5.74) is 0.360. The van der Waals surface area contributed by atoms with Crippen molar-refractivity contribution >= 4 is 39.8 Å². The summed E-state index contributed by atoms with van der Waals surface area (Å²) >= 11 is 2.66. The van der Waals surface area contributed by atoms with Crippen LogP contribution in [0.4, 0.5) is 15.2 Å². The van der Waals surface area contributed by atoms with Gasteiger partial charge in [0.25, 0.3) is 0 Å². The highest BCUT2D eigenvalue weighted by molar-refractivity contribution is 8.01. The molecule has 0 radical (unpaired) electrons. The van der Waals surface area contributed by atoms with E-state index in [1.54, 1.807) is 18.2 Å². The molecule has 2 aromatic rings. The van der Waals surface area contributed by atoms with Gasteiger partial charge in [-0.15, -0.1) is 10.2 Å². The zero-order valence-electron chi connectivity index (χ0n) is 14.9. The summed E-state index contributed by atoms with van der Waals surface area (Å²) in [7, 11) is 0. The van der Waals surface area contributed by atoms with Gasteiger partial charge in [-0.2, -0.15) is 0 Å². The fraction of sp³-hybridized carbons (Fsp3) is 0.500. The van der Waals surface area contributed by atoms with Crippen LogP contribution in [0.1, 0.15) is 33.1 Å². The molecule has 140 valence electrons. The van der Waals surface area contributed by atoms with Crippen LogP contribution in [-0.4, -0.2) is 27.9 Å². The molecule has 2 N–H and O–H groups in total. The van der Waals surface area contributed by atoms with Gasteiger partial charge in [0.2, 0.25) is 11.0 Å². The minimum Gasteiger partial charge on any atom is -0.352 e. The molecule has 3 rings (SSSR count). The topological polar surface area (TPSA) is 66.9 Å². The lowest BCUT2D eigenvalue weighted by Gasteiger charge is -2.34. The predicted molar refractivity (Wildman–Crippen MR) is 104 cm³/mol. The van der Waals surface area contributed by atoms with Crippen molar-refractivity contribution in [3.05, 3.63) is 30.1 Å². The van der Waals surface area contributed by atoms with Crippen molar-refractivity contribution in [1.29, 1.82) is 0 Å². The third-order valence-electron chi connectivity index (χ3n) is 4.90. The average Bonchev–Trinajstić information content (AvgIpc) is 3.07. The largest absolute Gasteiger partial charge is 0.352 e. The highest BCUT2D eigenvalue weighted by Crippen LogP contribution is 2.30. The van der Waals surface area contributed by atoms with E-state index < -0.39 is 0 Å². The second-order valence-corrected chi connectivity index (χ2v) is 8.91. The van der Waals surface area contributed by atoms with E-state index in [1.165, 1.54) is 42.0 Å². The Labute approximate surface area is 161 Å². The number of anilines is 2. The van der Waals surface area contributed by atoms with Gasteiger partial charge in [0.05, 0.1) is 11.4 Å². The molecule has 0 aliphatic heterocycles. The number of halogens is 1. The Morgan fingerprint density at radius 1 is 1.31 bits per heavy atom. The lowest BCUT2D eigenvalue weighted by atomic mass is 9.78. The standard InChI is InChI=1S/C18H23FN4OS2/c1-11-6-5-9-14(12(11)2)20-16(24)10-25-18-23-22-17(26-18)21-15-8-4-3-7-13(15)19/h3-4,7-8,11-12,14H,5-6,9-10H2,1-2H3,(H,20,24)(H,21,22)/t11-,12+,14-/m1/s1. The summed E-state index contributed by atoms with van der Waals surface area (Å²) in [6, 6.07) is 6.67. The van der Waals surface area contributed by atoms with Crippen molar-refractivity contribution in [3.8, 4) is 0 Å². The van der Waals surface area contributed by atoms with Crippen LogP contribution in [0.15, 0.2) is 28.6 Å². The van der Waals surface area contributed by atoms with E-state index >= 15 is 0 Å². The van der Waals surface area contributed by atoms with Gasteiger partial charge in [0, 0.05) is 6.04 Å². The molecule has 8 heteroatoms. The molecule has 5 nitrogen and oxygen atoms in total. The van der Waals surface area contributed by atoms with Crippen LogP contribution in [0.25, 0.3) is 0 Å². The average molecular weight is 395 g/mol. The van der Waals surface area contributed by atoms with Gasteiger partial charge in [0.1, 0.15) is 5.82 Å². The molecule has 1 aliphatic rings. The first-order valence-electron chi connectivity index (χ1n) is 8.80. The van der Waals surface area contributed by atoms with Crippen LogP contribution in [0.3, 0.4) is 0 Å². The summed E-state index contributed by atoms with van der Waals surface area (Å²) in [4.78, 5) is 12.2. The Bertz CT molecular complexity index is 754. The molecule has 1 amide bonds. The highest BCUT2D eigenvalue weighted by Gasteiger charge is 2.28. The van der Waals surface area contributed by atoms with Crippen LogP contribution in [0.5, 0.6) is 0 Å². The van der Waals surface area contributed by atoms with Gasteiger partial charge in [-0.25, -0.2) is 4.39 Å². The number of nitrogens with one attached hydrogen (secondary N) is 2. The molecule has 1 aromatic carbocycles. The van der Waals surface area contributed by atoms with Gasteiger partial charge in [-0.1, -0.05) is 61.9 Å². The Hall–Kier alpha value is -1.67. The first kappa shape index (κ1) is 19.1. The quantitative estimate of drug-likeness (QED) is 0.709. The molecular weight excluding hydrogens is 371 g/mol. The van der Waals surface area contributed by atoms with Crippen molar-refractivity contribution in [3.63, 3.8) is 0 Å². The number of nitrogens with zero attached hydrogens (tertiary/aromatic N) is 2. The molecule has 1 saturated carbocycles. The van der Waals surface area contributed by atoms with Crippen molar-refractivity contribution in [2.24, 2.45) is 11.8 Å². The number of benzene rings is 1. The Morgan fingerprint density at radius 2 is 2.12 bits per heavy atom. The summed E-state index contributed by atoms with van der Waals surface area (Å²) < 4.78 is 14.3. The minimum absolute atomic E-state index is 0.0276. The maximum absolute atomic E-state index is 13.7. The van der Waals surface area contributed by atoms with Gasteiger partial charge in [0.15, 0.2) is 4.34 Å². The number of thioether (sulfide) groups is 1. The SMILES string of the molecule is C[C@H]1[C@H](C)CCC[C@H]1NC(=O)CSc1nnc(Nc2ccccc2F)s1. The lowest BCUT2D eigenvalue weighted by molar-refractivity contribution is -0.119. The van der Waals surface area contributed by atoms with Gasteiger partial charge in [-0.05, 0) is 30.4 Å². The second kappa shape index (κ2) is 8.81. The van der Waals surface area contributed by atoms with Gasteiger partial charge >= 0.3 is 0 Å². The smallest absolute Gasteiger partial charge is 0.230 e. The molecule has 0 spiro atoms. The number of amides is 1. The van der Waals surface area contributed by atoms with Crippen LogP contribution in [-0.2, 0) is 4.79 Å². The number of carbonyl (C=O) groups is 1. The van der Waals surface area contributed by atoms with E-state index in [4.69, 9.17) is 0 Å². The maximum atomic E-state index is 13.7. The number of carbonyl (C=O) groups excluding carboxylic acids is 1. The second-order valence-electron chi connectivity index (χ2n) is 6.71. The van der Waals surface area contributed by atoms with Crippen molar-refractivity contribution in [2.75, 3.05) is 11.1 Å². The summed E-state index contributed by atoms with van der Waals surface area (Å²) in [5, 5.41) is 14.6. The highest BCUT2D eigenvalue weighted by atomic mass is 32.2. The van der Waals surface area contributed by atoms with Crippen molar-refractivity contribution in [2.45, 2.75) is 43.5 Å². The van der Waals surface area contributed by atoms with Crippen LogP contribution >= 0.6 is 23.1 Å². The fourth-order valence-electron chi connectivity index (χ4n) is 3.16. The van der Waals surface area contributed by atoms with Crippen LogP contribution in [0, 0.1) is 17.7 Å². The normalized spacial score (nSPS) is 22.8. The summed E-state index contributed by atoms with van der Waals surface area (Å²) in [6.07, 6.45) is 3.47. The number of hydrogen-bond acceptors (Lipinski definition) is 6. The molecule has 1 heterocycles. The zero-order valence-corrected chi connectivity index (χ0v) is 16.5. The first-order chi connectivity index (χ1) is 12.5. The number of para-hydroxylation sites is 1. The molecule has 1 aromatic heterocycles. The number of rotatable bonds is 6. The van der Waals surface area contributed by atoms with E-state index in [2.05, 4.69) is 34.7 Å². The van der Waals surface area contributed by atoms with Gasteiger partial charge in [-0.3, -0.25) is 4.79 Å². The van der Waals surface area contributed by atoms with E-state index in [0.717, 1.165) is 6.42 Å². The Kier molecular flexibility index (Phi) is 6.48. The van der Waals surface area contributed by atoms with Crippen molar-refractivity contribution in [1.82, 2.24) is 15.5 Å². The van der Waals surface area contributed by atoms with E-state index in [-0.39, 0.29) is 17.8 Å². The van der Waals surface area contributed by atoms with Gasteiger partial charge < -0.3 is 10.6 Å². The first-order valence-corrected chi connectivity index (χ1v) is 10.6. The maximum Gasteiger partial charge on any atom is 0.230 e. The predicted octanol–water partition coefficient (Wildman–Crippen LogP) is 4.45. The van der Waals surface area contributed by atoms with E-state index in [1.807, 2.05) is 0 Å². The molecule has 1 aliphatic carbocycles. The van der Waals surface area contributed by atoms with E-state index in [0.29, 0.717) is 32.7 Å². The minimum atomic E-state index is -0.341. The number of hydrogen-bond donors (Lipinski definition) is 2. The third kappa shape index (κ3) is 4.94. The molecule has 26 heavy (non-hydrogen) atoms. The lowest BCUT2D eigenvalue weighted by Crippen LogP contribution is -2.44. The zero-order chi connectivity index (χ0) is 18.5. The molecule has 0 unspecified atom stereocenters. The van der Waals surface area contributed by atoms with Crippen LogP contribution < -0.4 is 10.6 Å². The fourth-order valence-corrected chi connectivity index (χ4v) is 4.73. The monoisotopic (exact) mass is 394 g/mol. The summed E-state index contributed by atoms with van der Waals surface area (Å²) in [5.74, 6) is 1.16. The van der Waals surface area contributed by atoms with E-state index in [9.17, 15) is 9.18 Å².